The number of aromatic carboxylic acids is 1. The number of nitrogens with one attached hydrogen (secondary N) is 1. The van der Waals surface area contributed by atoms with Gasteiger partial charge < -0.3 is 10.4 Å². The molecule has 1 aliphatic rings. The van der Waals surface area contributed by atoms with Crippen LogP contribution in [-0.4, -0.2) is 27.1 Å². The lowest BCUT2D eigenvalue weighted by molar-refractivity contribution is 0.0697. The zero-order chi connectivity index (χ0) is 13.4. The van der Waals surface area contributed by atoms with Crippen LogP contribution >= 0.6 is 0 Å². The molecule has 19 heavy (non-hydrogen) atoms. The molecule has 5 heteroatoms. The number of carboxylic acids is 1. The van der Waals surface area contributed by atoms with E-state index in [0.717, 1.165) is 5.39 Å². The van der Waals surface area contributed by atoms with E-state index < -0.39 is 5.97 Å². The lowest BCUT2D eigenvalue weighted by Crippen LogP contribution is -2.18. The van der Waals surface area contributed by atoms with Crippen LogP contribution in [0.4, 0.5) is 5.95 Å². The average Bonchev–Trinajstić information content (AvgIpc) is 3.22. The second kappa shape index (κ2) is 4.50. The third-order valence-corrected chi connectivity index (χ3v) is 3.52. The molecule has 1 aromatic heterocycles. The zero-order valence-electron chi connectivity index (χ0n) is 10.6. The fourth-order valence-corrected chi connectivity index (χ4v) is 2.14. The first-order valence-electron chi connectivity index (χ1n) is 6.40. The van der Waals surface area contributed by atoms with Crippen LogP contribution in [-0.2, 0) is 0 Å². The number of rotatable bonds is 4. The van der Waals surface area contributed by atoms with Gasteiger partial charge in [-0.2, -0.15) is 0 Å². The Balaban J connectivity index is 1.91. The first-order valence-corrected chi connectivity index (χ1v) is 6.40. The first kappa shape index (κ1) is 11.9. The number of hydrogen-bond acceptors (Lipinski definition) is 4. The summed E-state index contributed by atoms with van der Waals surface area (Å²) in [5.74, 6) is 0.334. The van der Waals surface area contributed by atoms with Crippen LogP contribution in [0, 0.1) is 5.92 Å². The van der Waals surface area contributed by atoms with Crippen LogP contribution in [0.15, 0.2) is 24.4 Å². The maximum atomic E-state index is 10.9. The van der Waals surface area contributed by atoms with Gasteiger partial charge in [0.15, 0.2) is 0 Å². The van der Waals surface area contributed by atoms with E-state index in [2.05, 4.69) is 22.2 Å². The van der Waals surface area contributed by atoms with E-state index in [1.807, 2.05) is 0 Å². The van der Waals surface area contributed by atoms with Gasteiger partial charge in [0.1, 0.15) is 0 Å². The van der Waals surface area contributed by atoms with Gasteiger partial charge in [-0.1, -0.05) is 6.07 Å². The van der Waals surface area contributed by atoms with Gasteiger partial charge in [0, 0.05) is 17.6 Å². The van der Waals surface area contributed by atoms with Crippen LogP contribution < -0.4 is 5.32 Å². The summed E-state index contributed by atoms with van der Waals surface area (Å²) in [6.45, 7) is 2.12. The molecule has 0 amide bonds. The van der Waals surface area contributed by atoms with Crippen LogP contribution in [0.25, 0.3) is 10.9 Å². The number of fused-ring (bicyclic) bond motifs is 1. The third kappa shape index (κ3) is 2.50. The number of anilines is 1. The fraction of sp³-hybridized carbons (Fsp3) is 0.357. The van der Waals surface area contributed by atoms with E-state index in [4.69, 9.17) is 5.11 Å². The Morgan fingerprint density at radius 3 is 2.95 bits per heavy atom. The normalized spacial score (nSPS) is 16.3. The van der Waals surface area contributed by atoms with Crippen molar-refractivity contribution in [1.82, 2.24) is 9.97 Å². The minimum atomic E-state index is -0.943. The Bertz CT molecular complexity index is 638. The van der Waals surface area contributed by atoms with E-state index >= 15 is 0 Å². The summed E-state index contributed by atoms with van der Waals surface area (Å²) in [6, 6.07) is 5.23. The average molecular weight is 257 g/mol. The molecule has 2 aromatic rings. The molecule has 1 aliphatic carbocycles. The first-order chi connectivity index (χ1) is 9.13. The number of nitrogens with zero attached hydrogens (tertiary/aromatic N) is 2. The highest BCUT2D eigenvalue weighted by Crippen LogP contribution is 2.33. The van der Waals surface area contributed by atoms with Crippen molar-refractivity contribution in [2.45, 2.75) is 25.8 Å². The molecule has 1 saturated carbocycles. The quantitative estimate of drug-likeness (QED) is 0.880. The molecule has 5 nitrogen and oxygen atoms in total. The Kier molecular flexibility index (Phi) is 2.81. The van der Waals surface area contributed by atoms with Gasteiger partial charge in [0.25, 0.3) is 0 Å². The van der Waals surface area contributed by atoms with Crippen molar-refractivity contribution < 1.29 is 9.90 Å². The van der Waals surface area contributed by atoms with Gasteiger partial charge in [0.05, 0.1) is 11.1 Å². The van der Waals surface area contributed by atoms with Crippen LogP contribution in [0.1, 0.15) is 30.1 Å². The van der Waals surface area contributed by atoms with Gasteiger partial charge in [-0.05, 0) is 37.8 Å². The molecular weight excluding hydrogens is 242 g/mol. The predicted molar refractivity (Wildman–Crippen MR) is 72.3 cm³/mol. The minimum Gasteiger partial charge on any atom is -0.478 e. The van der Waals surface area contributed by atoms with Gasteiger partial charge in [0.2, 0.25) is 5.95 Å². The molecule has 1 aromatic carbocycles. The topological polar surface area (TPSA) is 75.1 Å². The van der Waals surface area contributed by atoms with Gasteiger partial charge in [-0.25, -0.2) is 14.8 Å². The van der Waals surface area contributed by atoms with Crippen LogP contribution in [0.2, 0.25) is 0 Å². The van der Waals surface area contributed by atoms with Crippen LogP contribution in [0.5, 0.6) is 0 Å². The molecule has 3 rings (SSSR count). The van der Waals surface area contributed by atoms with E-state index in [1.165, 1.54) is 12.8 Å². The highest BCUT2D eigenvalue weighted by atomic mass is 16.4. The van der Waals surface area contributed by atoms with Crippen LogP contribution in [0.3, 0.4) is 0 Å². The summed E-state index contributed by atoms with van der Waals surface area (Å²) in [6.07, 6.45) is 4.23. The maximum absolute atomic E-state index is 10.9. The van der Waals surface area contributed by atoms with Crippen molar-refractivity contribution in [3.63, 3.8) is 0 Å². The number of carboxylic acid groups (broad SMARTS) is 1. The van der Waals surface area contributed by atoms with Gasteiger partial charge in [-0.3, -0.25) is 0 Å². The minimum absolute atomic E-state index is 0.243. The second-order valence-electron chi connectivity index (χ2n) is 5.04. The summed E-state index contributed by atoms with van der Waals surface area (Å²) in [5.41, 5.74) is 0.896. The molecule has 0 spiro atoms. The monoisotopic (exact) mass is 257 g/mol. The number of aromatic nitrogens is 2. The zero-order valence-corrected chi connectivity index (χ0v) is 10.6. The largest absolute Gasteiger partial charge is 0.478 e. The van der Waals surface area contributed by atoms with Crippen molar-refractivity contribution in [2.24, 2.45) is 5.92 Å². The number of benzene rings is 1. The summed E-state index contributed by atoms with van der Waals surface area (Å²) < 4.78 is 0. The van der Waals surface area contributed by atoms with E-state index in [0.29, 0.717) is 23.4 Å². The SMILES string of the molecule is C[C@@H](Nc1ncc2ccc(C(=O)O)cc2n1)C1CC1. The highest BCUT2D eigenvalue weighted by Gasteiger charge is 2.28. The molecule has 0 radical (unpaired) electrons. The Morgan fingerprint density at radius 1 is 1.47 bits per heavy atom. The van der Waals surface area contributed by atoms with E-state index in [9.17, 15) is 4.79 Å². The van der Waals surface area contributed by atoms with Crippen molar-refractivity contribution in [3.05, 3.63) is 30.0 Å². The fourth-order valence-electron chi connectivity index (χ4n) is 2.14. The predicted octanol–water partition coefficient (Wildman–Crippen LogP) is 2.54. The molecule has 1 heterocycles. The van der Waals surface area contributed by atoms with Crippen molar-refractivity contribution in [3.8, 4) is 0 Å². The van der Waals surface area contributed by atoms with Crippen molar-refractivity contribution in [1.29, 1.82) is 0 Å². The molecule has 1 atom stereocenters. The molecule has 0 bridgehead atoms. The molecule has 0 saturated heterocycles. The highest BCUT2D eigenvalue weighted by molar-refractivity contribution is 5.93. The lowest BCUT2D eigenvalue weighted by atomic mass is 10.1. The number of carbonyl (C=O) groups is 1. The lowest BCUT2D eigenvalue weighted by Gasteiger charge is -2.12. The maximum Gasteiger partial charge on any atom is 0.335 e. The Morgan fingerprint density at radius 2 is 2.26 bits per heavy atom. The van der Waals surface area contributed by atoms with Crippen molar-refractivity contribution >= 4 is 22.8 Å². The summed E-state index contributed by atoms with van der Waals surface area (Å²) >= 11 is 0. The summed E-state index contributed by atoms with van der Waals surface area (Å²) in [5, 5.41) is 13.1. The molecule has 2 N–H and O–H groups in total. The Hall–Kier alpha value is -2.17. The van der Waals surface area contributed by atoms with E-state index in [1.54, 1.807) is 24.4 Å². The second-order valence-corrected chi connectivity index (χ2v) is 5.04. The summed E-state index contributed by atoms with van der Waals surface area (Å²) in [4.78, 5) is 19.6. The smallest absolute Gasteiger partial charge is 0.335 e. The molecule has 1 fully saturated rings. The molecule has 0 aliphatic heterocycles. The molecule has 0 unspecified atom stereocenters. The van der Waals surface area contributed by atoms with Gasteiger partial charge >= 0.3 is 5.97 Å². The Labute approximate surface area is 110 Å². The summed E-state index contributed by atoms with van der Waals surface area (Å²) in [7, 11) is 0. The number of hydrogen-bond donors (Lipinski definition) is 2. The standard InChI is InChI=1S/C14H15N3O2/c1-8(9-2-3-9)16-14-15-7-11-5-4-10(13(18)19)6-12(11)17-14/h4-9H,2-3H2,1H3,(H,18,19)(H,15,16,17)/t8-/m1/s1. The third-order valence-electron chi connectivity index (χ3n) is 3.52. The van der Waals surface area contributed by atoms with E-state index in [-0.39, 0.29) is 5.56 Å². The molecular formula is C14H15N3O2. The molecule has 98 valence electrons. The van der Waals surface area contributed by atoms with Gasteiger partial charge in [-0.15, -0.1) is 0 Å². The van der Waals surface area contributed by atoms with Crippen molar-refractivity contribution in [2.75, 3.05) is 5.32 Å².